The van der Waals surface area contributed by atoms with Crippen molar-refractivity contribution in [1.82, 2.24) is 5.32 Å². The van der Waals surface area contributed by atoms with Gasteiger partial charge in [0.2, 0.25) is 0 Å². The van der Waals surface area contributed by atoms with E-state index >= 15 is 0 Å². The van der Waals surface area contributed by atoms with Crippen molar-refractivity contribution >= 4 is 45.5 Å². The van der Waals surface area contributed by atoms with E-state index in [2.05, 4.69) is 21.2 Å². The first-order valence-electron chi connectivity index (χ1n) is 8.36. The van der Waals surface area contributed by atoms with Crippen LogP contribution in [-0.4, -0.2) is 39.2 Å². The van der Waals surface area contributed by atoms with Crippen molar-refractivity contribution in [3.63, 3.8) is 0 Å². The van der Waals surface area contributed by atoms with Crippen molar-refractivity contribution in [2.75, 3.05) is 26.2 Å². The molecule has 0 atom stereocenters. The molecule has 150 valence electrons. The third kappa shape index (κ3) is 3.95. The lowest BCUT2D eigenvalue weighted by Crippen LogP contribution is -2.54. The van der Waals surface area contributed by atoms with Gasteiger partial charge in [-0.3, -0.25) is 14.9 Å². The molecular formula is C20H17BrN2O6. The van der Waals surface area contributed by atoms with E-state index in [1.54, 1.807) is 36.4 Å². The highest BCUT2D eigenvalue weighted by atomic mass is 79.9. The number of urea groups is 1. The van der Waals surface area contributed by atoms with Gasteiger partial charge in [-0.15, -0.1) is 0 Å². The Morgan fingerprint density at radius 1 is 0.897 bits per heavy atom. The average molecular weight is 461 g/mol. The van der Waals surface area contributed by atoms with Crippen molar-refractivity contribution in [2.45, 2.75) is 0 Å². The molecule has 2 aromatic carbocycles. The van der Waals surface area contributed by atoms with Crippen LogP contribution in [0.25, 0.3) is 6.08 Å². The van der Waals surface area contributed by atoms with Gasteiger partial charge in [0.05, 0.1) is 27.0 Å². The predicted octanol–water partition coefficient (Wildman–Crippen LogP) is 3.14. The first-order valence-corrected chi connectivity index (χ1v) is 9.16. The Balaban J connectivity index is 2.08. The molecule has 0 unspecified atom stereocenters. The van der Waals surface area contributed by atoms with Crippen LogP contribution in [0, 0.1) is 0 Å². The SMILES string of the molecule is COc1cc(OC)c(OC)cc1/C=C1\C(=O)NC(=O)N(c2ccc(Br)cc2)C1=O. The minimum absolute atomic E-state index is 0.224. The number of carbonyl (C=O) groups is 3. The lowest BCUT2D eigenvalue weighted by atomic mass is 10.1. The molecule has 2 aromatic rings. The summed E-state index contributed by atoms with van der Waals surface area (Å²) in [4.78, 5) is 38.5. The number of methoxy groups -OCH3 is 3. The van der Waals surface area contributed by atoms with E-state index in [9.17, 15) is 14.4 Å². The van der Waals surface area contributed by atoms with Crippen LogP contribution in [0.1, 0.15) is 5.56 Å². The first kappa shape index (κ1) is 20.4. The summed E-state index contributed by atoms with van der Waals surface area (Å²) in [5.41, 5.74) is 0.514. The minimum Gasteiger partial charge on any atom is -0.496 e. The number of halogens is 1. The fourth-order valence-corrected chi connectivity index (χ4v) is 3.07. The van der Waals surface area contributed by atoms with Crippen molar-refractivity contribution in [1.29, 1.82) is 0 Å². The van der Waals surface area contributed by atoms with Crippen molar-refractivity contribution in [3.05, 3.63) is 52.0 Å². The number of barbiturate groups is 1. The van der Waals surface area contributed by atoms with E-state index < -0.39 is 17.8 Å². The van der Waals surface area contributed by atoms with E-state index in [0.717, 1.165) is 9.37 Å². The van der Waals surface area contributed by atoms with Gasteiger partial charge in [-0.25, -0.2) is 9.69 Å². The van der Waals surface area contributed by atoms with Gasteiger partial charge in [-0.2, -0.15) is 0 Å². The van der Waals surface area contributed by atoms with Gasteiger partial charge in [0.1, 0.15) is 11.3 Å². The standard InChI is InChI=1S/C20H17BrN2O6/c1-27-15-10-17(29-3)16(28-2)9-11(15)8-14-18(24)22-20(26)23(19(14)25)13-6-4-12(21)5-7-13/h4-10H,1-3H3,(H,22,24,26)/b14-8+. The highest BCUT2D eigenvalue weighted by Gasteiger charge is 2.37. The summed E-state index contributed by atoms with van der Waals surface area (Å²) in [5.74, 6) is -0.367. The number of imide groups is 2. The third-order valence-electron chi connectivity index (χ3n) is 4.22. The molecule has 4 amide bonds. The number of rotatable bonds is 5. The van der Waals surface area contributed by atoms with E-state index in [1.165, 1.54) is 27.4 Å². The van der Waals surface area contributed by atoms with E-state index in [4.69, 9.17) is 14.2 Å². The maximum Gasteiger partial charge on any atom is 0.335 e. The normalized spacial score (nSPS) is 15.4. The van der Waals surface area contributed by atoms with Gasteiger partial charge < -0.3 is 14.2 Å². The van der Waals surface area contributed by atoms with Crippen molar-refractivity contribution in [3.8, 4) is 17.2 Å². The second-order valence-corrected chi connectivity index (χ2v) is 6.80. The van der Waals surface area contributed by atoms with E-state index in [0.29, 0.717) is 28.5 Å². The molecule has 0 radical (unpaired) electrons. The summed E-state index contributed by atoms with van der Waals surface area (Å²) >= 11 is 3.30. The minimum atomic E-state index is -0.821. The van der Waals surface area contributed by atoms with Crippen LogP contribution >= 0.6 is 15.9 Å². The van der Waals surface area contributed by atoms with Crippen molar-refractivity contribution < 1.29 is 28.6 Å². The monoisotopic (exact) mass is 460 g/mol. The van der Waals surface area contributed by atoms with Gasteiger partial charge in [0.15, 0.2) is 11.5 Å². The van der Waals surface area contributed by atoms with Crippen LogP contribution in [0.15, 0.2) is 46.4 Å². The molecular weight excluding hydrogens is 444 g/mol. The van der Waals surface area contributed by atoms with Crippen LogP contribution in [-0.2, 0) is 9.59 Å². The molecule has 1 heterocycles. The maximum atomic E-state index is 13.0. The van der Waals surface area contributed by atoms with Gasteiger partial charge in [0.25, 0.3) is 11.8 Å². The molecule has 0 spiro atoms. The van der Waals surface area contributed by atoms with Crippen LogP contribution in [0.5, 0.6) is 17.2 Å². The quantitative estimate of drug-likeness (QED) is 0.543. The Hall–Kier alpha value is -3.33. The molecule has 1 aliphatic rings. The Morgan fingerprint density at radius 3 is 2.07 bits per heavy atom. The molecule has 0 aliphatic carbocycles. The number of carbonyl (C=O) groups excluding carboxylic acids is 3. The zero-order valence-corrected chi connectivity index (χ0v) is 17.4. The lowest BCUT2D eigenvalue weighted by molar-refractivity contribution is -0.122. The Morgan fingerprint density at radius 2 is 1.48 bits per heavy atom. The lowest BCUT2D eigenvalue weighted by Gasteiger charge is -2.26. The zero-order valence-electron chi connectivity index (χ0n) is 15.8. The van der Waals surface area contributed by atoms with Crippen LogP contribution in [0.2, 0.25) is 0 Å². The zero-order chi connectivity index (χ0) is 21.1. The molecule has 1 N–H and O–H groups in total. The molecule has 29 heavy (non-hydrogen) atoms. The number of nitrogens with one attached hydrogen (secondary N) is 1. The van der Waals surface area contributed by atoms with Crippen LogP contribution < -0.4 is 24.4 Å². The summed E-state index contributed by atoms with van der Waals surface area (Å²) in [6.45, 7) is 0. The highest BCUT2D eigenvalue weighted by Crippen LogP contribution is 2.36. The smallest absolute Gasteiger partial charge is 0.335 e. The van der Waals surface area contributed by atoms with E-state index in [-0.39, 0.29) is 5.57 Å². The largest absolute Gasteiger partial charge is 0.496 e. The highest BCUT2D eigenvalue weighted by molar-refractivity contribution is 9.10. The summed E-state index contributed by atoms with van der Waals surface area (Å²) in [6.07, 6.45) is 1.34. The second kappa shape index (κ2) is 8.36. The number of nitrogens with zero attached hydrogens (tertiary/aromatic N) is 1. The van der Waals surface area contributed by atoms with Crippen molar-refractivity contribution in [2.24, 2.45) is 0 Å². The number of anilines is 1. The summed E-state index contributed by atoms with van der Waals surface area (Å²) < 4.78 is 16.6. The Kier molecular flexibility index (Phi) is 5.88. The van der Waals surface area contributed by atoms with Crippen LogP contribution in [0.3, 0.4) is 0 Å². The Labute approximate surface area is 175 Å². The van der Waals surface area contributed by atoms with Gasteiger partial charge in [0, 0.05) is 16.1 Å². The maximum absolute atomic E-state index is 13.0. The number of hydrogen-bond acceptors (Lipinski definition) is 6. The molecule has 1 saturated heterocycles. The average Bonchev–Trinajstić information content (AvgIpc) is 2.71. The van der Waals surface area contributed by atoms with E-state index in [1.807, 2.05) is 0 Å². The fraction of sp³-hybridized carbons (Fsp3) is 0.150. The topological polar surface area (TPSA) is 94.2 Å². The third-order valence-corrected chi connectivity index (χ3v) is 4.75. The molecule has 1 aliphatic heterocycles. The van der Waals surface area contributed by atoms with Gasteiger partial charge >= 0.3 is 6.03 Å². The summed E-state index contributed by atoms with van der Waals surface area (Å²) in [5, 5.41) is 2.18. The number of benzene rings is 2. The molecule has 1 fully saturated rings. The number of amides is 4. The molecule has 0 aromatic heterocycles. The van der Waals surface area contributed by atoms with Gasteiger partial charge in [-0.1, -0.05) is 15.9 Å². The fourth-order valence-electron chi connectivity index (χ4n) is 2.80. The van der Waals surface area contributed by atoms with Crippen LogP contribution in [0.4, 0.5) is 10.5 Å². The Bertz CT molecular complexity index is 1020. The first-order chi connectivity index (χ1) is 13.9. The molecule has 0 saturated carbocycles. The summed E-state index contributed by atoms with van der Waals surface area (Å²) in [6, 6.07) is 8.89. The van der Waals surface area contributed by atoms with Gasteiger partial charge in [-0.05, 0) is 36.4 Å². The molecule has 3 rings (SSSR count). The predicted molar refractivity (Wildman–Crippen MR) is 109 cm³/mol. The molecule has 9 heteroatoms. The number of ether oxygens (including phenoxy) is 3. The second-order valence-electron chi connectivity index (χ2n) is 5.88. The number of hydrogen-bond donors (Lipinski definition) is 1. The summed E-state index contributed by atoms with van der Waals surface area (Å²) in [7, 11) is 4.40. The molecule has 8 nitrogen and oxygen atoms in total. The molecule has 0 bridgehead atoms.